The van der Waals surface area contributed by atoms with Crippen LogP contribution in [0.4, 0.5) is 33.8 Å². The van der Waals surface area contributed by atoms with Gasteiger partial charge in [-0.25, -0.2) is 9.78 Å². The SMILES string of the molecule is CNC[C@@H](NC(=O)N1Cc2c(NC(=O)c3ccc(NC(=O)CCCCCCNC(=O)C4CCN(c5ncc(Cl)c(Nc6cc(OC)c7c(c6)cc(OCC(=O)NC)c(=O)n7C)n5)CC4)cc3)n[nH]c2C1(C)C)c1ccccc1. The van der Waals surface area contributed by atoms with Gasteiger partial charge in [-0.05, 0) is 88.5 Å². The number of piperidine rings is 1. The van der Waals surface area contributed by atoms with Crippen LogP contribution in [0.1, 0.15) is 92.0 Å². The number of nitrogens with zero attached hydrogens (tertiary/aromatic N) is 6. The van der Waals surface area contributed by atoms with Crippen molar-refractivity contribution in [1.29, 1.82) is 0 Å². The van der Waals surface area contributed by atoms with Crippen molar-refractivity contribution in [1.82, 2.24) is 50.9 Å². The number of aryl methyl sites for hydroxylation is 1. The number of aromatic nitrogens is 5. The Morgan fingerprint density at radius 1 is 0.885 bits per heavy atom. The molecule has 3 aromatic heterocycles. The lowest BCUT2D eigenvalue weighted by Gasteiger charge is -2.33. The van der Waals surface area contributed by atoms with Crippen molar-refractivity contribution in [3.63, 3.8) is 0 Å². The lowest BCUT2D eigenvalue weighted by atomic mass is 9.96. The number of fused-ring (bicyclic) bond motifs is 2. The zero-order valence-corrected chi connectivity index (χ0v) is 45.4. The van der Waals surface area contributed by atoms with E-state index in [-0.39, 0.29) is 65.5 Å². The Bertz CT molecular complexity index is 3200. The van der Waals surface area contributed by atoms with E-state index in [4.69, 9.17) is 26.1 Å². The van der Waals surface area contributed by atoms with Gasteiger partial charge in [0, 0.05) is 86.6 Å². The third-order valence-corrected chi connectivity index (χ3v) is 14.4. The minimum absolute atomic E-state index is 0.00686. The van der Waals surface area contributed by atoms with Crippen LogP contribution >= 0.6 is 11.6 Å². The normalized spacial score (nSPS) is 14.3. The van der Waals surface area contributed by atoms with Crippen LogP contribution in [0.3, 0.4) is 0 Å². The number of amides is 6. The summed E-state index contributed by atoms with van der Waals surface area (Å²) in [5.41, 5.74) is 3.38. The highest BCUT2D eigenvalue weighted by Gasteiger charge is 2.44. The van der Waals surface area contributed by atoms with Crippen LogP contribution in [0.2, 0.25) is 5.02 Å². The van der Waals surface area contributed by atoms with E-state index in [0.29, 0.717) is 103 Å². The average molecular weight is 1090 g/mol. The van der Waals surface area contributed by atoms with E-state index in [9.17, 15) is 28.8 Å². The number of benzene rings is 3. The molecule has 8 rings (SSSR count). The number of hydrogen-bond donors (Lipinski definition) is 8. The van der Waals surface area contributed by atoms with Crippen LogP contribution < -0.4 is 57.2 Å². The summed E-state index contributed by atoms with van der Waals surface area (Å²) >= 11 is 6.57. The first kappa shape index (κ1) is 56.0. The molecule has 22 nitrogen and oxygen atoms in total. The van der Waals surface area contributed by atoms with Gasteiger partial charge in [0.1, 0.15) is 10.8 Å². The summed E-state index contributed by atoms with van der Waals surface area (Å²) in [6.45, 7) is 6.04. The number of likely N-dealkylation sites (N-methyl/N-ethyl adjacent to an activating group) is 2. The topological polar surface area (TPSA) is 271 Å². The van der Waals surface area contributed by atoms with Gasteiger partial charge in [-0.3, -0.25) is 29.1 Å². The van der Waals surface area contributed by atoms with E-state index in [1.54, 1.807) is 54.4 Å². The summed E-state index contributed by atoms with van der Waals surface area (Å²) in [5.74, 6) is 0.581. The van der Waals surface area contributed by atoms with Crippen molar-refractivity contribution in [2.45, 2.75) is 76.9 Å². The van der Waals surface area contributed by atoms with Crippen LogP contribution in [-0.4, -0.2) is 113 Å². The smallest absolute Gasteiger partial charge is 0.319 e. The number of unbranched alkanes of at least 4 members (excludes halogenated alkanes) is 3. The Morgan fingerprint density at radius 3 is 2.35 bits per heavy atom. The number of nitrogens with one attached hydrogen (secondary N) is 8. The number of rotatable bonds is 22. The summed E-state index contributed by atoms with van der Waals surface area (Å²) < 4.78 is 12.6. The number of urea groups is 1. The Morgan fingerprint density at radius 2 is 1.63 bits per heavy atom. The fraction of sp³-hybridized carbons (Fsp3) is 0.400. The van der Waals surface area contributed by atoms with Gasteiger partial charge in [0.25, 0.3) is 17.4 Å². The molecule has 78 heavy (non-hydrogen) atoms. The molecule has 5 heterocycles. The summed E-state index contributed by atoms with van der Waals surface area (Å²) in [4.78, 5) is 90.8. The summed E-state index contributed by atoms with van der Waals surface area (Å²) in [7, 11) is 6.42. The molecule has 23 heteroatoms. The number of ether oxygens (including phenoxy) is 2. The third-order valence-electron chi connectivity index (χ3n) is 14.2. The fourth-order valence-corrected chi connectivity index (χ4v) is 9.87. The first-order chi connectivity index (χ1) is 37.6. The summed E-state index contributed by atoms with van der Waals surface area (Å²) in [6.07, 6.45) is 6.26. The van der Waals surface area contributed by atoms with Crippen LogP contribution in [-0.2, 0) is 33.5 Å². The number of H-pyrrole nitrogens is 1. The third kappa shape index (κ3) is 13.1. The second-order valence-electron chi connectivity index (χ2n) is 19.8. The number of carbonyl (C=O) groups is 5. The molecule has 2 aliphatic rings. The minimum atomic E-state index is -0.714. The van der Waals surface area contributed by atoms with Gasteiger partial charge in [-0.2, -0.15) is 10.1 Å². The summed E-state index contributed by atoms with van der Waals surface area (Å²) in [5, 5.41) is 29.2. The number of aromatic amines is 1. The molecule has 0 spiro atoms. The van der Waals surface area contributed by atoms with Crippen molar-refractivity contribution >= 4 is 81.1 Å². The Labute approximate surface area is 456 Å². The van der Waals surface area contributed by atoms with Crippen LogP contribution in [0, 0.1) is 5.92 Å². The highest BCUT2D eigenvalue weighted by molar-refractivity contribution is 6.33. The lowest BCUT2D eigenvalue weighted by molar-refractivity contribution is -0.125. The molecule has 6 amide bonds. The fourth-order valence-electron chi connectivity index (χ4n) is 9.73. The molecule has 6 aromatic rings. The van der Waals surface area contributed by atoms with E-state index in [0.717, 1.165) is 36.1 Å². The molecule has 412 valence electrons. The van der Waals surface area contributed by atoms with Crippen LogP contribution in [0.5, 0.6) is 11.5 Å². The Kier molecular flexibility index (Phi) is 18.1. The van der Waals surface area contributed by atoms with Gasteiger partial charge in [0.2, 0.25) is 17.8 Å². The molecule has 0 bridgehead atoms. The van der Waals surface area contributed by atoms with Gasteiger partial charge < -0.3 is 61.1 Å². The van der Waals surface area contributed by atoms with E-state index in [1.165, 1.54) is 24.9 Å². The second kappa shape index (κ2) is 25.3. The monoisotopic (exact) mass is 1090 g/mol. The molecular weight excluding hydrogens is 1020 g/mol. The maximum absolute atomic E-state index is 13.7. The Hall–Kier alpha value is -8.24. The maximum Gasteiger partial charge on any atom is 0.319 e. The van der Waals surface area contributed by atoms with E-state index in [2.05, 4.69) is 52.4 Å². The number of pyridine rings is 1. The molecule has 0 unspecified atom stereocenters. The molecule has 1 saturated heterocycles. The number of methoxy groups -OCH3 is 1. The van der Waals surface area contributed by atoms with Crippen molar-refractivity contribution in [2.75, 3.05) is 74.8 Å². The van der Waals surface area contributed by atoms with Crippen LogP contribution in [0.25, 0.3) is 10.9 Å². The van der Waals surface area contributed by atoms with Crippen LogP contribution in [0.15, 0.2) is 83.8 Å². The number of hydrogen-bond acceptors (Lipinski definition) is 14. The molecule has 8 N–H and O–H groups in total. The zero-order chi connectivity index (χ0) is 55.5. The highest BCUT2D eigenvalue weighted by Crippen LogP contribution is 2.41. The molecule has 1 atom stereocenters. The van der Waals surface area contributed by atoms with Gasteiger partial charge in [-0.15, -0.1) is 0 Å². The summed E-state index contributed by atoms with van der Waals surface area (Å²) in [6, 6.07) is 21.0. The molecule has 3 aromatic carbocycles. The lowest BCUT2D eigenvalue weighted by Crippen LogP contribution is -2.48. The first-order valence-corrected chi connectivity index (χ1v) is 26.4. The van der Waals surface area contributed by atoms with Gasteiger partial charge in [0.05, 0.1) is 42.6 Å². The van der Waals surface area contributed by atoms with Crippen molar-refractivity contribution in [3.05, 3.63) is 117 Å². The van der Waals surface area contributed by atoms with Gasteiger partial charge in [-0.1, -0.05) is 54.8 Å². The average Bonchev–Trinajstić information content (AvgIpc) is 4.15. The number of anilines is 5. The second-order valence-corrected chi connectivity index (χ2v) is 20.2. The number of carbonyl (C=O) groups excluding carboxylic acids is 5. The van der Waals surface area contributed by atoms with Gasteiger partial charge >= 0.3 is 6.03 Å². The zero-order valence-electron chi connectivity index (χ0n) is 44.7. The van der Waals surface area contributed by atoms with Gasteiger partial charge in [0.15, 0.2) is 24.0 Å². The quantitative estimate of drug-likeness (QED) is 0.0339. The van der Waals surface area contributed by atoms with Crippen molar-refractivity contribution < 1.29 is 33.4 Å². The predicted octanol–water partition coefficient (Wildman–Crippen LogP) is 6.48. The molecule has 0 aliphatic carbocycles. The molecule has 1 fully saturated rings. The predicted molar refractivity (Wildman–Crippen MR) is 298 cm³/mol. The molecule has 0 radical (unpaired) electrons. The first-order valence-electron chi connectivity index (χ1n) is 26.0. The van der Waals surface area contributed by atoms with E-state index < -0.39 is 11.1 Å². The highest BCUT2D eigenvalue weighted by atomic mass is 35.5. The van der Waals surface area contributed by atoms with E-state index in [1.807, 2.05) is 56.1 Å². The van der Waals surface area contributed by atoms with Crippen molar-refractivity contribution in [2.24, 2.45) is 13.0 Å². The van der Waals surface area contributed by atoms with E-state index >= 15 is 0 Å². The largest absolute Gasteiger partial charge is 0.494 e. The Balaban J connectivity index is 0.726. The maximum atomic E-state index is 13.7. The molecule has 0 saturated carbocycles. The minimum Gasteiger partial charge on any atom is -0.494 e. The molecular formula is C55H67ClN14O8. The number of halogens is 1. The standard InChI is InChI=1S/C55H67ClN14O8/c1-55(2)47-39(31-70(55)54(76)63-41(30-57-3)33-14-10-9-11-15-33)48(67-66-47)64-51(74)34-17-19-37(20-18-34)61-44(71)16-12-7-8-13-23-59-50(73)35-21-24-69(25-22-35)53-60-29-40(56)49(65-53)62-38-26-36-27-43(78-32-45(72)58-4)52(75)68(5)46(36)42(28-38)77-6/h9-11,14-15,17-20,26-29,35,41,57H,7-8,12-13,16,21-25,30-32H2,1-6H3,(H,58,72)(H,59,73)(H,61,71)(H,63,76)(H,60,62,65)(H2,64,66,67,74)/t41-/m1/s1. The van der Waals surface area contributed by atoms with Crippen molar-refractivity contribution in [3.8, 4) is 11.5 Å². The molecule has 2 aliphatic heterocycles.